The van der Waals surface area contributed by atoms with Crippen LogP contribution < -0.4 is 5.73 Å². The molecule has 0 saturated carbocycles. The van der Waals surface area contributed by atoms with E-state index in [1.807, 2.05) is 13.8 Å². The van der Waals surface area contributed by atoms with E-state index >= 15 is 0 Å². The van der Waals surface area contributed by atoms with Crippen molar-refractivity contribution in [3.63, 3.8) is 0 Å². The maximum atomic E-state index is 8.47. The number of aliphatic hydroxyl groups is 1. The molecule has 3 heteroatoms. The summed E-state index contributed by atoms with van der Waals surface area (Å²) < 4.78 is 0. The summed E-state index contributed by atoms with van der Waals surface area (Å²) in [5.74, 6) is 0. The largest absolute Gasteiger partial charge is 0.394 e. The molecule has 1 atom stereocenters. The molecule has 0 aliphatic carbocycles. The fourth-order valence-electron chi connectivity index (χ4n) is 0.112. The molecule has 0 aromatic rings. The lowest BCUT2D eigenvalue weighted by Crippen LogP contribution is -2.38. The molecule has 0 saturated heterocycles. The van der Waals surface area contributed by atoms with E-state index in [-0.39, 0.29) is 24.6 Å². The van der Waals surface area contributed by atoms with Gasteiger partial charge in [0.1, 0.15) is 0 Å². The lowest BCUT2D eigenvalue weighted by molar-refractivity contribution is 0.205. The van der Waals surface area contributed by atoms with Crippen LogP contribution >= 0.6 is 12.4 Å². The van der Waals surface area contributed by atoms with E-state index in [0.29, 0.717) is 0 Å². The molecule has 0 aromatic heterocycles. The average molecular weight is 140 g/mol. The summed E-state index contributed by atoms with van der Waals surface area (Å²) in [7, 11) is 0. The first kappa shape index (κ1) is 11.1. The lowest BCUT2D eigenvalue weighted by Gasteiger charge is -2.17. The molecule has 52 valence electrons. The standard InChI is InChI=1S/C5H13NO.ClH/c1-3-5(2,6)4-7;/h7H,3-4,6H2,1-2H3;1H/t5-;/m0./s1. The first-order valence-corrected chi connectivity index (χ1v) is 2.52. The molecule has 2 nitrogen and oxygen atoms in total. The molecule has 0 rings (SSSR count). The Kier molecular flexibility index (Phi) is 5.71. The number of aliphatic hydroxyl groups excluding tert-OH is 1. The zero-order valence-corrected chi connectivity index (χ0v) is 6.16. The Morgan fingerprint density at radius 1 is 1.62 bits per heavy atom. The van der Waals surface area contributed by atoms with E-state index in [4.69, 9.17) is 10.8 Å². The third kappa shape index (κ3) is 4.37. The van der Waals surface area contributed by atoms with Crippen LogP contribution in [-0.2, 0) is 0 Å². The minimum atomic E-state index is -0.361. The zero-order chi connectivity index (χ0) is 5.91. The van der Waals surface area contributed by atoms with Crippen molar-refractivity contribution >= 4 is 12.4 Å². The fourth-order valence-corrected chi connectivity index (χ4v) is 0.112. The quantitative estimate of drug-likeness (QED) is 0.586. The van der Waals surface area contributed by atoms with Crippen LogP contribution in [0.5, 0.6) is 0 Å². The third-order valence-electron chi connectivity index (χ3n) is 1.17. The van der Waals surface area contributed by atoms with E-state index in [1.165, 1.54) is 0 Å². The van der Waals surface area contributed by atoms with E-state index in [0.717, 1.165) is 6.42 Å². The van der Waals surface area contributed by atoms with E-state index < -0.39 is 0 Å². The molecule has 0 amide bonds. The molecular weight excluding hydrogens is 126 g/mol. The molecule has 0 aliphatic rings. The van der Waals surface area contributed by atoms with Crippen molar-refractivity contribution < 1.29 is 5.11 Å². The van der Waals surface area contributed by atoms with Gasteiger partial charge in [-0.2, -0.15) is 0 Å². The highest BCUT2D eigenvalue weighted by molar-refractivity contribution is 5.85. The van der Waals surface area contributed by atoms with Crippen molar-refractivity contribution in [2.24, 2.45) is 5.73 Å². The van der Waals surface area contributed by atoms with Crippen molar-refractivity contribution in [2.75, 3.05) is 6.61 Å². The fraction of sp³-hybridized carbons (Fsp3) is 1.00. The van der Waals surface area contributed by atoms with Crippen molar-refractivity contribution in [1.29, 1.82) is 0 Å². The number of halogens is 1. The third-order valence-corrected chi connectivity index (χ3v) is 1.17. The Morgan fingerprint density at radius 3 is 2.00 bits per heavy atom. The van der Waals surface area contributed by atoms with Crippen molar-refractivity contribution in [1.82, 2.24) is 0 Å². The Bertz CT molecular complexity index is 50.4. The van der Waals surface area contributed by atoms with E-state index in [2.05, 4.69) is 0 Å². The van der Waals surface area contributed by atoms with Crippen LogP contribution in [0.15, 0.2) is 0 Å². The topological polar surface area (TPSA) is 46.2 Å². The van der Waals surface area contributed by atoms with E-state index in [9.17, 15) is 0 Å². The molecule has 0 spiro atoms. The van der Waals surface area contributed by atoms with Gasteiger partial charge in [0, 0.05) is 5.54 Å². The Balaban J connectivity index is 0. The van der Waals surface area contributed by atoms with Gasteiger partial charge in [0.05, 0.1) is 6.61 Å². The van der Waals surface area contributed by atoms with Gasteiger partial charge in [-0.25, -0.2) is 0 Å². The second kappa shape index (κ2) is 4.13. The van der Waals surface area contributed by atoms with Crippen LogP contribution in [0.4, 0.5) is 0 Å². The predicted octanol–water partition coefficient (Wildman–Crippen LogP) is 0.528. The Labute approximate surface area is 56.5 Å². The molecule has 0 aliphatic heterocycles. The SMILES string of the molecule is CC[C@](C)(N)CO.Cl. The Hall–Kier alpha value is 0.210. The van der Waals surface area contributed by atoms with E-state index in [1.54, 1.807) is 0 Å². The molecule has 0 heterocycles. The van der Waals surface area contributed by atoms with Crippen LogP contribution in [0.1, 0.15) is 20.3 Å². The van der Waals surface area contributed by atoms with Crippen LogP contribution in [0.25, 0.3) is 0 Å². The summed E-state index contributed by atoms with van der Waals surface area (Å²) >= 11 is 0. The maximum Gasteiger partial charge on any atom is 0.0608 e. The molecular formula is C5H14ClNO. The van der Waals surface area contributed by atoms with Gasteiger partial charge in [-0.1, -0.05) is 6.92 Å². The van der Waals surface area contributed by atoms with Gasteiger partial charge < -0.3 is 10.8 Å². The van der Waals surface area contributed by atoms with Gasteiger partial charge in [-0.3, -0.25) is 0 Å². The summed E-state index contributed by atoms with van der Waals surface area (Å²) in [5, 5.41) is 8.47. The van der Waals surface area contributed by atoms with Gasteiger partial charge in [0.25, 0.3) is 0 Å². The second-order valence-corrected chi connectivity index (χ2v) is 2.17. The van der Waals surface area contributed by atoms with Crippen LogP contribution in [-0.4, -0.2) is 17.3 Å². The first-order chi connectivity index (χ1) is 3.12. The van der Waals surface area contributed by atoms with Crippen molar-refractivity contribution in [3.8, 4) is 0 Å². The number of rotatable bonds is 2. The van der Waals surface area contributed by atoms with Gasteiger partial charge in [-0.05, 0) is 13.3 Å². The number of nitrogens with two attached hydrogens (primary N) is 1. The van der Waals surface area contributed by atoms with Gasteiger partial charge in [-0.15, -0.1) is 12.4 Å². The van der Waals surface area contributed by atoms with Crippen molar-refractivity contribution in [2.45, 2.75) is 25.8 Å². The predicted molar refractivity (Wildman–Crippen MR) is 37.2 cm³/mol. The van der Waals surface area contributed by atoms with Crippen molar-refractivity contribution in [3.05, 3.63) is 0 Å². The van der Waals surface area contributed by atoms with Crippen LogP contribution in [0.2, 0.25) is 0 Å². The molecule has 0 bridgehead atoms. The summed E-state index contributed by atoms with van der Waals surface area (Å²) in [6, 6.07) is 0. The highest BCUT2D eigenvalue weighted by atomic mass is 35.5. The Morgan fingerprint density at radius 2 is 2.00 bits per heavy atom. The second-order valence-electron chi connectivity index (χ2n) is 2.17. The summed E-state index contributed by atoms with van der Waals surface area (Å²) in [6.07, 6.45) is 0.823. The molecule has 3 N–H and O–H groups in total. The normalized spacial score (nSPS) is 16.5. The van der Waals surface area contributed by atoms with Gasteiger partial charge in [0.15, 0.2) is 0 Å². The summed E-state index contributed by atoms with van der Waals surface area (Å²) in [4.78, 5) is 0. The van der Waals surface area contributed by atoms with Gasteiger partial charge >= 0.3 is 0 Å². The minimum absolute atomic E-state index is 0. The average Bonchev–Trinajstić information content (AvgIpc) is 1.68. The highest BCUT2D eigenvalue weighted by Crippen LogP contribution is 2.00. The van der Waals surface area contributed by atoms with Crippen LogP contribution in [0.3, 0.4) is 0 Å². The minimum Gasteiger partial charge on any atom is -0.394 e. The monoisotopic (exact) mass is 139 g/mol. The summed E-state index contributed by atoms with van der Waals surface area (Å²) in [6.45, 7) is 3.85. The highest BCUT2D eigenvalue weighted by Gasteiger charge is 2.11. The molecule has 8 heavy (non-hydrogen) atoms. The van der Waals surface area contributed by atoms with Crippen LogP contribution in [0, 0.1) is 0 Å². The molecule has 0 unspecified atom stereocenters. The lowest BCUT2D eigenvalue weighted by atomic mass is 10.0. The molecule has 0 fully saturated rings. The van der Waals surface area contributed by atoms with Gasteiger partial charge in [0.2, 0.25) is 0 Å². The molecule has 0 radical (unpaired) electrons. The molecule has 0 aromatic carbocycles. The first-order valence-electron chi connectivity index (χ1n) is 2.52. The smallest absolute Gasteiger partial charge is 0.0608 e. The summed E-state index contributed by atoms with van der Waals surface area (Å²) in [5.41, 5.74) is 5.10. The maximum absolute atomic E-state index is 8.47. The number of hydrogen-bond donors (Lipinski definition) is 2. The zero-order valence-electron chi connectivity index (χ0n) is 5.35. The number of hydrogen-bond acceptors (Lipinski definition) is 2.